The van der Waals surface area contributed by atoms with Gasteiger partial charge in [-0.05, 0) is 25.0 Å². The van der Waals surface area contributed by atoms with E-state index in [1.165, 1.54) is 0 Å². The molecule has 0 spiro atoms. The molecule has 1 aromatic rings. The molecule has 0 heterocycles. The summed E-state index contributed by atoms with van der Waals surface area (Å²) in [5, 5.41) is 0.544. The monoisotopic (exact) mass is 212 g/mol. The lowest BCUT2D eigenvalue weighted by Gasteiger charge is -2.10. The zero-order valence-corrected chi connectivity index (χ0v) is 9.31. The third kappa shape index (κ3) is 2.26. The van der Waals surface area contributed by atoms with Crippen LogP contribution in [0.15, 0.2) is 12.1 Å². The topological polar surface area (TPSA) is 26.3 Å². The molecule has 3 heteroatoms. The molecule has 0 saturated carbocycles. The van der Waals surface area contributed by atoms with Gasteiger partial charge in [-0.15, -0.1) is 0 Å². The van der Waals surface area contributed by atoms with Gasteiger partial charge >= 0.3 is 0 Å². The number of carbonyl (C=O) groups is 1. The second-order valence-corrected chi connectivity index (χ2v) is 3.65. The number of ether oxygens (including phenoxy) is 1. The summed E-state index contributed by atoms with van der Waals surface area (Å²) in [6, 6.07) is 3.77. The lowest BCUT2D eigenvalue weighted by molar-refractivity contribution is -0.116. The maximum atomic E-state index is 11.0. The molecule has 0 bridgehead atoms. The van der Waals surface area contributed by atoms with Crippen LogP contribution in [0.25, 0.3) is 0 Å². The Morgan fingerprint density at radius 1 is 1.50 bits per heavy atom. The third-order valence-corrected chi connectivity index (χ3v) is 2.43. The molecule has 0 aliphatic carbocycles. The number of ketones is 1. The van der Waals surface area contributed by atoms with Crippen LogP contribution >= 0.6 is 11.6 Å². The van der Waals surface area contributed by atoms with E-state index >= 15 is 0 Å². The van der Waals surface area contributed by atoms with Crippen LogP contribution in [-0.2, 0) is 11.2 Å². The molecule has 0 aliphatic heterocycles. The first-order chi connectivity index (χ1) is 6.56. The van der Waals surface area contributed by atoms with Crippen molar-refractivity contribution in [2.75, 3.05) is 7.11 Å². The van der Waals surface area contributed by atoms with E-state index in [0.717, 1.165) is 11.1 Å². The highest BCUT2D eigenvalue weighted by Crippen LogP contribution is 2.31. The van der Waals surface area contributed by atoms with Crippen molar-refractivity contribution in [3.8, 4) is 5.75 Å². The van der Waals surface area contributed by atoms with Crippen LogP contribution < -0.4 is 4.74 Å². The Balaban J connectivity index is 3.14. The fourth-order valence-corrected chi connectivity index (χ4v) is 1.70. The van der Waals surface area contributed by atoms with Gasteiger partial charge in [0.25, 0.3) is 0 Å². The first-order valence-electron chi connectivity index (χ1n) is 4.37. The van der Waals surface area contributed by atoms with Gasteiger partial charge in [-0.1, -0.05) is 23.7 Å². The molecule has 0 saturated heterocycles. The number of methoxy groups -OCH3 is 1. The van der Waals surface area contributed by atoms with Gasteiger partial charge in [0.05, 0.1) is 12.1 Å². The van der Waals surface area contributed by atoms with Gasteiger partial charge in [-0.25, -0.2) is 0 Å². The lowest BCUT2D eigenvalue weighted by Crippen LogP contribution is -1.99. The molecular formula is C11H13ClO2. The van der Waals surface area contributed by atoms with Crippen molar-refractivity contribution < 1.29 is 9.53 Å². The number of hydrogen-bond acceptors (Lipinski definition) is 2. The van der Waals surface area contributed by atoms with E-state index in [9.17, 15) is 4.79 Å². The second kappa shape index (κ2) is 4.47. The zero-order chi connectivity index (χ0) is 10.7. The Kier molecular flexibility index (Phi) is 3.53. The van der Waals surface area contributed by atoms with Gasteiger partial charge in [0, 0.05) is 6.42 Å². The van der Waals surface area contributed by atoms with Gasteiger partial charge in [0.1, 0.15) is 11.5 Å². The fraction of sp³-hybridized carbons (Fsp3) is 0.364. The predicted octanol–water partition coefficient (Wildman–Crippen LogP) is 2.79. The van der Waals surface area contributed by atoms with Crippen LogP contribution in [0.5, 0.6) is 5.75 Å². The lowest BCUT2D eigenvalue weighted by atomic mass is 10.1. The van der Waals surface area contributed by atoms with Crippen LogP contribution in [0.2, 0.25) is 5.02 Å². The molecule has 2 nitrogen and oxygen atoms in total. The molecule has 0 amide bonds. The summed E-state index contributed by atoms with van der Waals surface area (Å²) in [4.78, 5) is 11.0. The number of rotatable bonds is 3. The Morgan fingerprint density at radius 3 is 2.64 bits per heavy atom. The molecule has 0 aliphatic rings. The predicted molar refractivity (Wildman–Crippen MR) is 57.1 cm³/mol. The van der Waals surface area contributed by atoms with Crippen LogP contribution in [0.3, 0.4) is 0 Å². The van der Waals surface area contributed by atoms with Gasteiger partial charge < -0.3 is 4.74 Å². The summed E-state index contributed by atoms with van der Waals surface area (Å²) in [7, 11) is 1.58. The average molecular weight is 213 g/mol. The van der Waals surface area contributed by atoms with E-state index in [-0.39, 0.29) is 5.78 Å². The summed E-state index contributed by atoms with van der Waals surface area (Å²) in [5.41, 5.74) is 1.80. The Bertz CT molecular complexity index is 359. The summed E-state index contributed by atoms with van der Waals surface area (Å²) < 4.78 is 5.15. The molecule has 76 valence electrons. The Morgan fingerprint density at radius 2 is 2.14 bits per heavy atom. The van der Waals surface area contributed by atoms with E-state index in [4.69, 9.17) is 16.3 Å². The van der Waals surface area contributed by atoms with E-state index in [1.807, 2.05) is 19.1 Å². The van der Waals surface area contributed by atoms with E-state index in [1.54, 1.807) is 14.0 Å². The van der Waals surface area contributed by atoms with Crippen molar-refractivity contribution in [3.63, 3.8) is 0 Å². The van der Waals surface area contributed by atoms with E-state index in [2.05, 4.69) is 0 Å². The minimum Gasteiger partial charge on any atom is -0.495 e. The number of Topliss-reactive ketones (excluding diaryl/α,β-unsaturated/α-hetero) is 1. The summed E-state index contributed by atoms with van der Waals surface area (Å²) in [6.45, 7) is 3.46. The molecule has 14 heavy (non-hydrogen) atoms. The van der Waals surface area contributed by atoms with Crippen molar-refractivity contribution in [3.05, 3.63) is 28.3 Å². The normalized spacial score (nSPS) is 10.0. The maximum absolute atomic E-state index is 11.0. The average Bonchev–Trinajstić information content (AvgIpc) is 2.10. The zero-order valence-electron chi connectivity index (χ0n) is 8.56. The van der Waals surface area contributed by atoms with Crippen molar-refractivity contribution in [1.82, 2.24) is 0 Å². The molecule has 1 aromatic carbocycles. The van der Waals surface area contributed by atoms with Gasteiger partial charge in [-0.2, -0.15) is 0 Å². The van der Waals surface area contributed by atoms with Crippen molar-refractivity contribution in [2.45, 2.75) is 20.3 Å². The first kappa shape index (κ1) is 11.1. The van der Waals surface area contributed by atoms with Gasteiger partial charge in [0.2, 0.25) is 0 Å². The molecule has 0 fully saturated rings. The number of carbonyl (C=O) groups excluding carboxylic acids is 1. The molecule has 0 aromatic heterocycles. The molecule has 0 atom stereocenters. The molecule has 0 N–H and O–H groups in total. The SMILES string of the molecule is COc1c(C)ccc(CC(C)=O)c1Cl. The number of hydrogen-bond donors (Lipinski definition) is 0. The number of benzene rings is 1. The van der Waals surface area contributed by atoms with E-state index < -0.39 is 0 Å². The highest BCUT2D eigenvalue weighted by molar-refractivity contribution is 6.33. The quantitative estimate of drug-likeness (QED) is 0.770. The minimum absolute atomic E-state index is 0.0952. The summed E-state index contributed by atoms with van der Waals surface area (Å²) >= 11 is 6.08. The molecule has 0 radical (unpaired) electrons. The largest absolute Gasteiger partial charge is 0.495 e. The first-order valence-corrected chi connectivity index (χ1v) is 4.75. The highest BCUT2D eigenvalue weighted by Gasteiger charge is 2.10. The Labute approximate surface area is 88.8 Å². The van der Waals surface area contributed by atoms with E-state index in [0.29, 0.717) is 17.2 Å². The molecule has 1 rings (SSSR count). The Hall–Kier alpha value is -1.02. The molecular weight excluding hydrogens is 200 g/mol. The van der Waals surface area contributed by atoms with Gasteiger partial charge in [-0.3, -0.25) is 4.79 Å². The third-order valence-electron chi connectivity index (χ3n) is 2.02. The van der Waals surface area contributed by atoms with Crippen molar-refractivity contribution in [1.29, 1.82) is 0 Å². The number of aryl methyl sites for hydroxylation is 1. The second-order valence-electron chi connectivity index (χ2n) is 3.27. The standard InChI is InChI=1S/C11H13ClO2/c1-7-4-5-9(6-8(2)13)10(12)11(7)14-3/h4-5H,6H2,1-3H3. The number of halogens is 1. The van der Waals surface area contributed by atoms with Gasteiger partial charge in [0.15, 0.2) is 0 Å². The van der Waals surface area contributed by atoms with Crippen LogP contribution in [0, 0.1) is 6.92 Å². The summed E-state index contributed by atoms with van der Waals surface area (Å²) in [5.74, 6) is 0.753. The summed E-state index contributed by atoms with van der Waals surface area (Å²) in [6.07, 6.45) is 0.357. The van der Waals surface area contributed by atoms with Crippen LogP contribution in [0.4, 0.5) is 0 Å². The van der Waals surface area contributed by atoms with Crippen molar-refractivity contribution >= 4 is 17.4 Å². The molecule has 0 unspecified atom stereocenters. The maximum Gasteiger partial charge on any atom is 0.140 e. The smallest absolute Gasteiger partial charge is 0.140 e. The van der Waals surface area contributed by atoms with Crippen LogP contribution in [-0.4, -0.2) is 12.9 Å². The fourth-order valence-electron chi connectivity index (χ4n) is 1.35. The minimum atomic E-state index is 0.0952. The van der Waals surface area contributed by atoms with Crippen LogP contribution in [0.1, 0.15) is 18.1 Å². The highest BCUT2D eigenvalue weighted by atomic mass is 35.5. The van der Waals surface area contributed by atoms with Crippen molar-refractivity contribution in [2.24, 2.45) is 0 Å².